The van der Waals surface area contributed by atoms with Crippen molar-refractivity contribution in [1.29, 1.82) is 0 Å². The molecule has 0 atom stereocenters. The van der Waals surface area contributed by atoms with E-state index in [9.17, 15) is 0 Å². The zero-order valence-corrected chi connectivity index (χ0v) is 13.4. The quantitative estimate of drug-likeness (QED) is 0.653. The summed E-state index contributed by atoms with van der Waals surface area (Å²) in [5, 5.41) is 4.31. The lowest BCUT2D eigenvalue weighted by molar-refractivity contribution is 0.658. The van der Waals surface area contributed by atoms with Crippen molar-refractivity contribution in [3.05, 3.63) is 58.2 Å². The number of hydrogen-bond acceptors (Lipinski definition) is 2. The molecule has 5 heteroatoms. The molecule has 2 aromatic heterocycles. The highest BCUT2D eigenvalue weighted by molar-refractivity contribution is 14.1. The Labute approximate surface area is 131 Å². The summed E-state index contributed by atoms with van der Waals surface area (Å²) in [5.41, 5.74) is 2.33. The third kappa shape index (κ3) is 2.77. The molecular weight excluding hydrogens is 363 g/mol. The van der Waals surface area contributed by atoms with Gasteiger partial charge in [0.25, 0.3) is 0 Å². The molecule has 0 unspecified atom stereocenters. The maximum Gasteiger partial charge on any atom is 0.140 e. The molecule has 0 fully saturated rings. The lowest BCUT2D eigenvalue weighted by Gasteiger charge is -2.07. The minimum absolute atomic E-state index is 0.792. The average molecular weight is 378 g/mol. The summed E-state index contributed by atoms with van der Waals surface area (Å²) in [5.74, 6) is 0.993. The van der Waals surface area contributed by atoms with Gasteiger partial charge >= 0.3 is 0 Å². The lowest BCUT2D eigenvalue weighted by Crippen LogP contribution is -2.00. The number of imidazole rings is 1. The standard InChI is InChI=1S/C15H15IN4/c1-2-20-11-12(9-18-20)10-19-7-6-17-15(19)13-4-3-5-14(16)8-13/h3-9,11H,2,10H2,1H3. The second kappa shape index (κ2) is 5.78. The van der Waals surface area contributed by atoms with Gasteiger partial charge in [0.1, 0.15) is 5.82 Å². The van der Waals surface area contributed by atoms with Gasteiger partial charge in [0.05, 0.1) is 12.7 Å². The van der Waals surface area contributed by atoms with E-state index in [1.54, 1.807) is 0 Å². The zero-order valence-electron chi connectivity index (χ0n) is 11.2. The van der Waals surface area contributed by atoms with Gasteiger partial charge in [-0.05, 0) is 41.6 Å². The minimum Gasteiger partial charge on any atom is -0.326 e. The van der Waals surface area contributed by atoms with Crippen LogP contribution in [-0.2, 0) is 13.1 Å². The molecule has 2 heterocycles. The normalized spacial score (nSPS) is 10.9. The largest absolute Gasteiger partial charge is 0.326 e. The van der Waals surface area contributed by atoms with Crippen LogP contribution in [0.5, 0.6) is 0 Å². The monoisotopic (exact) mass is 378 g/mol. The molecule has 0 saturated heterocycles. The fourth-order valence-corrected chi connectivity index (χ4v) is 2.73. The molecule has 3 rings (SSSR count). The number of aryl methyl sites for hydroxylation is 1. The first-order chi connectivity index (χ1) is 9.76. The second-order valence-electron chi connectivity index (χ2n) is 4.59. The van der Waals surface area contributed by atoms with Gasteiger partial charge < -0.3 is 4.57 Å². The topological polar surface area (TPSA) is 35.6 Å². The van der Waals surface area contributed by atoms with Crippen LogP contribution in [0.15, 0.2) is 49.1 Å². The van der Waals surface area contributed by atoms with Crippen LogP contribution in [0.1, 0.15) is 12.5 Å². The second-order valence-corrected chi connectivity index (χ2v) is 5.84. The third-order valence-corrected chi connectivity index (χ3v) is 3.83. The van der Waals surface area contributed by atoms with Crippen molar-refractivity contribution in [3.63, 3.8) is 0 Å². The molecule has 0 radical (unpaired) electrons. The van der Waals surface area contributed by atoms with Crippen LogP contribution in [-0.4, -0.2) is 19.3 Å². The Morgan fingerprint density at radius 3 is 2.95 bits per heavy atom. The molecular formula is C15H15IN4. The van der Waals surface area contributed by atoms with Crippen LogP contribution in [0.2, 0.25) is 0 Å². The van der Waals surface area contributed by atoms with E-state index in [1.807, 2.05) is 23.3 Å². The highest BCUT2D eigenvalue weighted by Gasteiger charge is 2.07. The van der Waals surface area contributed by atoms with Crippen LogP contribution in [0.3, 0.4) is 0 Å². The van der Waals surface area contributed by atoms with E-state index in [4.69, 9.17) is 0 Å². The molecule has 20 heavy (non-hydrogen) atoms. The van der Waals surface area contributed by atoms with Crippen molar-refractivity contribution in [2.24, 2.45) is 0 Å². The van der Waals surface area contributed by atoms with Crippen molar-refractivity contribution in [2.75, 3.05) is 0 Å². The van der Waals surface area contributed by atoms with Crippen LogP contribution in [0.25, 0.3) is 11.4 Å². The predicted octanol–water partition coefficient (Wildman–Crippen LogP) is 3.42. The molecule has 0 aliphatic carbocycles. The fraction of sp³-hybridized carbons (Fsp3) is 0.200. The number of nitrogens with zero attached hydrogens (tertiary/aromatic N) is 4. The van der Waals surface area contributed by atoms with Gasteiger partial charge in [0, 0.05) is 39.8 Å². The van der Waals surface area contributed by atoms with Gasteiger partial charge in [-0.2, -0.15) is 5.10 Å². The highest BCUT2D eigenvalue weighted by Crippen LogP contribution is 2.20. The van der Waals surface area contributed by atoms with E-state index < -0.39 is 0 Å². The third-order valence-electron chi connectivity index (χ3n) is 3.16. The Morgan fingerprint density at radius 2 is 2.20 bits per heavy atom. The molecule has 4 nitrogen and oxygen atoms in total. The number of halogens is 1. The fourth-order valence-electron chi connectivity index (χ4n) is 2.18. The van der Waals surface area contributed by atoms with E-state index in [0.29, 0.717) is 0 Å². The summed E-state index contributed by atoms with van der Waals surface area (Å²) in [6.45, 7) is 3.78. The maximum absolute atomic E-state index is 4.48. The number of aromatic nitrogens is 4. The summed E-state index contributed by atoms with van der Waals surface area (Å²) < 4.78 is 5.31. The summed E-state index contributed by atoms with van der Waals surface area (Å²) in [6, 6.07) is 8.39. The van der Waals surface area contributed by atoms with Crippen LogP contribution < -0.4 is 0 Å². The first-order valence-corrected chi connectivity index (χ1v) is 7.62. The van der Waals surface area contributed by atoms with Crippen LogP contribution in [0, 0.1) is 3.57 Å². The van der Waals surface area contributed by atoms with Gasteiger partial charge in [-0.1, -0.05) is 12.1 Å². The van der Waals surface area contributed by atoms with Crippen LogP contribution in [0.4, 0.5) is 0 Å². The van der Waals surface area contributed by atoms with Crippen molar-refractivity contribution in [1.82, 2.24) is 19.3 Å². The summed E-state index contributed by atoms with van der Waals surface area (Å²) >= 11 is 2.32. The first kappa shape index (κ1) is 13.4. The van der Waals surface area contributed by atoms with E-state index in [-0.39, 0.29) is 0 Å². The highest BCUT2D eigenvalue weighted by atomic mass is 127. The number of benzene rings is 1. The smallest absolute Gasteiger partial charge is 0.140 e. The Morgan fingerprint density at radius 1 is 1.30 bits per heavy atom. The van der Waals surface area contributed by atoms with Gasteiger partial charge in [-0.3, -0.25) is 4.68 Å². The van der Waals surface area contributed by atoms with Gasteiger partial charge in [0.15, 0.2) is 0 Å². The van der Waals surface area contributed by atoms with Gasteiger partial charge in [0.2, 0.25) is 0 Å². The van der Waals surface area contributed by atoms with Crippen LogP contribution >= 0.6 is 22.6 Å². The van der Waals surface area contributed by atoms with Crippen molar-refractivity contribution >= 4 is 22.6 Å². The van der Waals surface area contributed by atoms with Crippen molar-refractivity contribution < 1.29 is 0 Å². The Kier molecular flexibility index (Phi) is 3.86. The van der Waals surface area contributed by atoms with E-state index in [2.05, 4.69) is 74.6 Å². The zero-order chi connectivity index (χ0) is 13.9. The van der Waals surface area contributed by atoms with E-state index >= 15 is 0 Å². The SMILES string of the molecule is CCn1cc(Cn2ccnc2-c2cccc(I)c2)cn1. The molecule has 0 saturated carbocycles. The molecule has 0 bridgehead atoms. The maximum atomic E-state index is 4.48. The van der Waals surface area contributed by atoms with E-state index in [0.717, 1.165) is 24.5 Å². The molecule has 0 spiro atoms. The lowest BCUT2D eigenvalue weighted by atomic mass is 10.2. The molecule has 102 valence electrons. The first-order valence-electron chi connectivity index (χ1n) is 6.54. The Balaban J connectivity index is 1.90. The van der Waals surface area contributed by atoms with Gasteiger partial charge in [-0.15, -0.1) is 0 Å². The summed E-state index contributed by atoms with van der Waals surface area (Å²) in [6.07, 6.45) is 7.86. The van der Waals surface area contributed by atoms with Gasteiger partial charge in [-0.25, -0.2) is 4.98 Å². The van der Waals surface area contributed by atoms with Crippen molar-refractivity contribution in [2.45, 2.75) is 20.0 Å². The average Bonchev–Trinajstić information content (AvgIpc) is 3.08. The minimum atomic E-state index is 0.792. The molecule has 1 aromatic carbocycles. The Hall–Kier alpha value is -1.63. The Bertz CT molecular complexity index is 714. The molecule has 0 amide bonds. The van der Waals surface area contributed by atoms with E-state index in [1.165, 1.54) is 9.13 Å². The summed E-state index contributed by atoms with van der Waals surface area (Å²) in [4.78, 5) is 4.48. The molecule has 3 aromatic rings. The number of rotatable bonds is 4. The molecule has 0 N–H and O–H groups in total. The molecule has 0 aliphatic rings. The predicted molar refractivity (Wildman–Crippen MR) is 87.4 cm³/mol. The molecule has 0 aliphatic heterocycles. The number of hydrogen-bond donors (Lipinski definition) is 0. The summed E-state index contributed by atoms with van der Waals surface area (Å²) in [7, 11) is 0. The van der Waals surface area contributed by atoms with Crippen molar-refractivity contribution in [3.8, 4) is 11.4 Å².